The van der Waals surface area contributed by atoms with Gasteiger partial charge in [-0.1, -0.05) is 31.2 Å². The lowest BCUT2D eigenvalue weighted by molar-refractivity contribution is -0.152. The normalized spacial score (nSPS) is 36.4. The Morgan fingerprint density at radius 2 is 1.70 bits per heavy atom. The van der Waals surface area contributed by atoms with Crippen molar-refractivity contribution in [2.24, 2.45) is 35.5 Å². The van der Waals surface area contributed by atoms with Gasteiger partial charge in [0, 0.05) is 5.69 Å². The van der Waals surface area contributed by atoms with Crippen molar-refractivity contribution in [1.29, 1.82) is 0 Å². The molecule has 2 saturated carbocycles. The summed E-state index contributed by atoms with van der Waals surface area (Å²) >= 11 is 0. The monoisotopic (exact) mass is 311 g/mol. The Kier molecular flexibility index (Phi) is 3.29. The molecule has 0 spiro atoms. The van der Waals surface area contributed by atoms with Crippen LogP contribution in [-0.2, 0) is 16.0 Å². The predicted molar refractivity (Wildman–Crippen MR) is 86.8 cm³/mol. The van der Waals surface area contributed by atoms with Crippen molar-refractivity contribution < 1.29 is 14.7 Å². The number of carbonyl (C=O) groups is 2. The lowest BCUT2D eigenvalue weighted by atomic mass is 9.62. The Morgan fingerprint density at radius 1 is 1.09 bits per heavy atom. The molecule has 2 bridgehead atoms. The van der Waals surface area contributed by atoms with Crippen LogP contribution in [0.2, 0.25) is 0 Å². The molecule has 0 unspecified atom stereocenters. The fourth-order valence-electron chi connectivity index (χ4n) is 4.62. The second-order valence-corrected chi connectivity index (χ2v) is 7.03. The van der Waals surface area contributed by atoms with E-state index in [4.69, 9.17) is 0 Å². The van der Waals surface area contributed by atoms with E-state index in [-0.39, 0.29) is 17.7 Å². The van der Waals surface area contributed by atoms with Gasteiger partial charge in [0.25, 0.3) is 0 Å². The average molecular weight is 311 g/mol. The lowest BCUT2D eigenvalue weighted by Crippen LogP contribution is -2.48. The summed E-state index contributed by atoms with van der Waals surface area (Å²) in [7, 11) is 0. The Hall–Kier alpha value is -2.10. The Labute approximate surface area is 135 Å². The SMILES string of the molecule is CCc1ccc(NC(=O)[C@@H]2[C@H]3C=C[C@@H]([C@@H]4C[C@@H]34)[C@@H]2C(=O)O)cc1. The second-order valence-electron chi connectivity index (χ2n) is 7.03. The molecular weight excluding hydrogens is 290 g/mol. The molecule has 4 aliphatic rings. The molecule has 2 N–H and O–H groups in total. The highest BCUT2D eigenvalue weighted by molar-refractivity contribution is 5.96. The molecule has 4 heteroatoms. The molecule has 5 rings (SSSR count). The van der Waals surface area contributed by atoms with Crippen LogP contribution in [0.4, 0.5) is 5.69 Å². The zero-order chi connectivity index (χ0) is 16.1. The minimum atomic E-state index is -0.837. The number of benzene rings is 1. The predicted octanol–water partition coefficient (Wildman–Crippen LogP) is 2.96. The van der Waals surface area contributed by atoms with E-state index in [1.807, 2.05) is 30.3 Å². The molecule has 0 aromatic heterocycles. The molecule has 0 saturated heterocycles. The molecule has 0 aliphatic heterocycles. The Balaban J connectivity index is 1.56. The van der Waals surface area contributed by atoms with Crippen molar-refractivity contribution >= 4 is 17.6 Å². The first-order valence-corrected chi connectivity index (χ1v) is 8.41. The van der Waals surface area contributed by atoms with E-state index in [0.29, 0.717) is 11.8 Å². The van der Waals surface area contributed by atoms with Gasteiger partial charge >= 0.3 is 5.97 Å². The molecule has 2 fully saturated rings. The molecule has 120 valence electrons. The summed E-state index contributed by atoms with van der Waals surface area (Å²) in [5.41, 5.74) is 1.96. The molecule has 0 radical (unpaired) electrons. The number of carboxylic acids is 1. The van der Waals surface area contributed by atoms with Crippen LogP contribution in [0.15, 0.2) is 36.4 Å². The highest BCUT2D eigenvalue weighted by Gasteiger charge is 2.62. The van der Waals surface area contributed by atoms with Gasteiger partial charge in [0.1, 0.15) is 0 Å². The zero-order valence-corrected chi connectivity index (χ0v) is 13.1. The summed E-state index contributed by atoms with van der Waals surface area (Å²) in [5.74, 6) is -0.900. The van der Waals surface area contributed by atoms with Crippen LogP contribution in [0.5, 0.6) is 0 Å². The van der Waals surface area contributed by atoms with Crippen LogP contribution in [0.1, 0.15) is 18.9 Å². The van der Waals surface area contributed by atoms with E-state index in [1.54, 1.807) is 0 Å². The number of allylic oxidation sites excluding steroid dienone is 2. The number of fused-ring (bicyclic) bond motifs is 1. The summed E-state index contributed by atoms with van der Waals surface area (Å²) in [5, 5.41) is 12.6. The molecule has 23 heavy (non-hydrogen) atoms. The zero-order valence-electron chi connectivity index (χ0n) is 13.1. The minimum absolute atomic E-state index is 0.0284. The number of nitrogens with one attached hydrogen (secondary N) is 1. The average Bonchev–Trinajstić information content (AvgIpc) is 3.37. The number of hydrogen-bond acceptors (Lipinski definition) is 2. The van der Waals surface area contributed by atoms with Gasteiger partial charge in [-0.3, -0.25) is 9.59 Å². The highest BCUT2D eigenvalue weighted by atomic mass is 16.4. The van der Waals surface area contributed by atoms with Gasteiger partial charge in [-0.05, 0) is 54.2 Å². The molecule has 1 aromatic carbocycles. The topological polar surface area (TPSA) is 66.4 Å². The maximum absolute atomic E-state index is 12.8. The van der Waals surface area contributed by atoms with Crippen LogP contribution < -0.4 is 5.32 Å². The van der Waals surface area contributed by atoms with Gasteiger partial charge in [0.05, 0.1) is 11.8 Å². The van der Waals surface area contributed by atoms with Gasteiger partial charge in [0.2, 0.25) is 5.91 Å². The molecule has 1 amide bonds. The van der Waals surface area contributed by atoms with E-state index < -0.39 is 17.8 Å². The van der Waals surface area contributed by atoms with Crippen molar-refractivity contribution in [2.75, 3.05) is 5.32 Å². The summed E-state index contributed by atoms with van der Waals surface area (Å²) in [6, 6.07) is 7.77. The number of hydrogen-bond donors (Lipinski definition) is 2. The van der Waals surface area contributed by atoms with E-state index in [0.717, 1.165) is 18.5 Å². The third kappa shape index (κ3) is 2.28. The van der Waals surface area contributed by atoms with Gasteiger partial charge in [-0.15, -0.1) is 0 Å². The first kappa shape index (κ1) is 14.5. The number of carboxylic acid groups (broad SMARTS) is 1. The van der Waals surface area contributed by atoms with Gasteiger partial charge in [0.15, 0.2) is 0 Å². The molecular formula is C19H21NO3. The summed E-state index contributed by atoms with van der Waals surface area (Å²) in [6.45, 7) is 2.09. The van der Waals surface area contributed by atoms with Crippen LogP contribution in [0, 0.1) is 35.5 Å². The molecule has 4 nitrogen and oxygen atoms in total. The van der Waals surface area contributed by atoms with Gasteiger partial charge in [-0.2, -0.15) is 0 Å². The van der Waals surface area contributed by atoms with E-state index in [1.165, 1.54) is 5.56 Å². The van der Waals surface area contributed by atoms with Crippen LogP contribution in [0.3, 0.4) is 0 Å². The largest absolute Gasteiger partial charge is 0.481 e. The standard InChI is InChI=1S/C19H21NO3/c1-2-10-3-5-11(6-4-10)20-18(21)16-12-7-8-13(15-9-14(12)15)17(16)19(22)23/h3-8,12-17H,2,9H2,1H3,(H,20,21)(H,22,23)/t12-,13-,14-,15-,16+,17-/m0/s1. The highest BCUT2D eigenvalue weighted by Crippen LogP contribution is 2.63. The van der Waals surface area contributed by atoms with E-state index in [9.17, 15) is 14.7 Å². The van der Waals surface area contributed by atoms with Crippen molar-refractivity contribution in [3.8, 4) is 0 Å². The van der Waals surface area contributed by atoms with Crippen molar-refractivity contribution in [3.63, 3.8) is 0 Å². The van der Waals surface area contributed by atoms with E-state index >= 15 is 0 Å². The molecule has 4 aliphatic carbocycles. The first-order valence-electron chi connectivity index (χ1n) is 8.41. The summed E-state index contributed by atoms with van der Waals surface area (Å²) in [6.07, 6.45) is 6.15. The number of aryl methyl sites for hydroxylation is 1. The van der Waals surface area contributed by atoms with Gasteiger partial charge in [-0.25, -0.2) is 0 Å². The van der Waals surface area contributed by atoms with Gasteiger partial charge < -0.3 is 10.4 Å². The van der Waals surface area contributed by atoms with Crippen LogP contribution >= 0.6 is 0 Å². The van der Waals surface area contributed by atoms with E-state index in [2.05, 4.69) is 18.3 Å². The molecule has 1 aromatic rings. The van der Waals surface area contributed by atoms with Crippen molar-refractivity contribution in [3.05, 3.63) is 42.0 Å². The fraction of sp³-hybridized carbons (Fsp3) is 0.474. The quantitative estimate of drug-likeness (QED) is 0.840. The molecule has 0 heterocycles. The number of anilines is 1. The lowest BCUT2D eigenvalue weighted by Gasteiger charge is -2.41. The first-order chi connectivity index (χ1) is 11.1. The second kappa shape index (κ2) is 5.22. The number of rotatable bonds is 4. The third-order valence-electron chi connectivity index (χ3n) is 5.87. The van der Waals surface area contributed by atoms with Crippen LogP contribution in [-0.4, -0.2) is 17.0 Å². The minimum Gasteiger partial charge on any atom is -0.481 e. The maximum Gasteiger partial charge on any atom is 0.307 e. The van der Waals surface area contributed by atoms with Crippen LogP contribution in [0.25, 0.3) is 0 Å². The Morgan fingerprint density at radius 3 is 2.26 bits per heavy atom. The smallest absolute Gasteiger partial charge is 0.307 e. The number of aliphatic carboxylic acids is 1. The summed E-state index contributed by atoms with van der Waals surface area (Å²) in [4.78, 5) is 24.5. The Bertz CT molecular complexity index is 678. The maximum atomic E-state index is 12.8. The number of amides is 1. The molecule has 6 atom stereocenters. The number of carbonyl (C=O) groups excluding carboxylic acids is 1. The van der Waals surface area contributed by atoms with Crippen molar-refractivity contribution in [2.45, 2.75) is 19.8 Å². The van der Waals surface area contributed by atoms with Crippen molar-refractivity contribution in [1.82, 2.24) is 0 Å². The third-order valence-corrected chi connectivity index (χ3v) is 5.87. The fourth-order valence-corrected chi connectivity index (χ4v) is 4.62. The summed E-state index contributed by atoms with van der Waals surface area (Å²) < 4.78 is 0.